The molecule has 1 nitrogen and oxygen atoms in total. The van der Waals surface area contributed by atoms with E-state index in [-0.39, 0.29) is 0 Å². The van der Waals surface area contributed by atoms with E-state index in [2.05, 4.69) is 105 Å². The zero-order chi connectivity index (χ0) is 18.5. The topological polar surface area (TPSA) is 3.24 Å². The smallest absolute Gasteiger partial charge is 0.0369 e. The Labute approximate surface area is 158 Å². The lowest BCUT2D eigenvalue weighted by Gasteiger charge is -2.32. The molecule has 134 valence electrons. The van der Waals surface area contributed by atoms with Crippen LogP contribution in [0.2, 0.25) is 0 Å². The highest BCUT2D eigenvalue weighted by atomic mass is 15.2. The van der Waals surface area contributed by atoms with Crippen LogP contribution < -0.4 is 0 Å². The average Bonchev–Trinajstić information content (AvgIpc) is 2.67. The first kappa shape index (κ1) is 18.3. The number of fused-ring (bicyclic) bond motifs is 1. The van der Waals surface area contributed by atoms with Gasteiger partial charge in [0.05, 0.1) is 0 Å². The van der Waals surface area contributed by atoms with Gasteiger partial charge in [-0.15, -0.1) is 0 Å². The summed E-state index contributed by atoms with van der Waals surface area (Å²) in [6.45, 7) is 12.2. The molecule has 3 aromatic rings. The highest BCUT2D eigenvalue weighted by Gasteiger charge is 2.15. The van der Waals surface area contributed by atoms with E-state index in [0.717, 1.165) is 18.7 Å². The van der Waals surface area contributed by atoms with Crippen molar-refractivity contribution in [2.75, 3.05) is 6.54 Å². The lowest BCUT2D eigenvalue weighted by atomic mass is 9.94. The fraction of sp³-hybridized carbons (Fsp3) is 0.280. The molecule has 0 aromatic heterocycles. The molecule has 0 amide bonds. The van der Waals surface area contributed by atoms with E-state index in [1.807, 2.05) is 0 Å². The van der Waals surface area contributed by atoms with Gasteiger partial charge in [-0.2, -0.15) is 0 Å². The van der Waals surface area contributed by atoms with Gasteiger partial charge < -0.3 is 4.90 Å². The summed E-state index contributed by atoms with van der Waals surface area (Å²) in [5, 5.41) is 2.64. The third kappa shape index (κ3) is 4.16. The molecule has 0 aliphatic rings. The molecule has 1 atom stereocenters. The van der Waals surface area contributed by atoms with E-state index < -0.39 is 0 Å². The zero-order valence-electron chi connectivity index (χ0n) is 16.2. The van der Waals surface area contributed by atoms with Gasteiger partial charge in [0, 0.05) is 18.3 Å². The monoisotopic (exact) mass is 343 g/mol. The van der Waals surface area contributed by atoms with Gasteiger partial charge in [0.15, 0.2) is 0 Å². The first-order chi connectivity index (χ1) is 12.6. The van der Waals surface area contributed by atoms with Crippen LogP contribution in [-0.4, -0.2) is 17.5 Å². The summed E-state index contributed by atoms with van der Waals surface area (Å²) in [6.07, 6.45) is 1.11. The Kier molecular flexibility index (Phi) is 5.78. The Morgan fingerprint density at radius 2 is 1.50 bits per heavy atom. The van der Waals surface area contributed by atoms with Crippen molar-refractivity contribution < 1.29 is 0 Å². The maximum atomic E-state index is 4.36. The largest absolute Gasteiger partial charge is 0.369 e. The summed E-state index contributed by atoms with van der Waals surface area (Å²) in [5.74, 6) is 0.518. The van der Waals surface area contributed by atoms with Crippen LogP contribution >= 0.6 is 0 Å². The van der Waals surface area contributed by atoms with E-state index >= 15 is 0 Å². The molecule has 1 unspecified atom stereocenters. The van der Waals surface area contributed by atoms with Crippen molar-refractivity contribution in [2.45, 2.75) is 39.2 Å². The van der Waals surface area contributed by atoms with Crippen molar-refractivity contribution in [3.8, 4) is 0 Å². The lowest BCUT2D eigenvalue weighted by Crippen LogP contribution is -2.30. The van der Waals surface area contributed by atoms with E-state index in [1.54, 1.807) is 0 Å². The quantitative estimate of drug-likeness (QED) is 0.460. The van der Waals surface area contributed by atoms with Gasteiger partial charge in [0.2, 0.25) is 0 Å². The number of rotatable bonds is 7. The molecule has 0 heterocycles. The van der Waals surface area contributed by atoms with Crippen LogP contribution in [0, 0.1) is 0 Å². The molecule has 0 saturated carbocycles. The van der Waals surface area contributed by atoms with Crippen molar-refractivity contribution in [3.05, 3.63) is 90.5 Å². The molecule has 0 radical (unpaired) electrons. The van der Waals surface area contributed by atoms with Crippen molar-refractivity contribution in [1.82, 2.24) is 4.90 Å². The zero-order valence-corrected chi connectivity index (χ0v) is 16.2. The first-order valence-corrected chi connectivity index (χ1v) is 9.56. The van der Waals surface area contributed by atoms with Gasteiger partial charge in [-0.05, 0) is 48.1 Å². The summed E-state index contributed by atoms with van der Waals surface area (Å²) < 4.78 is 0. The van der Waals surface area contributed by atoms with Gasteiger partial charge in [-0.25, -0.2) is 0 Å². The lowest BCUT2D eigenvalue weighted by molar-refractivity contribution is 0.318. The van der Waals surface area contributed by atoms with E-state index in [9.17, 15) is 0 Å². The SMILES string of the molecule is C=C(c1ccccc1)N(CCC(C)c1ccc2ccccc2c1)C(C)C. The standard InChI is InChI=1S/C25H29N/c1-19(2)26(21(4)22-10-6-5-7-11-22)17-16-20(3)24-15-14-23-12-8-9-13-25(23)18-24/h5-15,18-20H,4,16-17H2,1-3H3. The molecule has 0 saturated heterocycles. The minimum absolute atomic E-state index is 0.437. The Morgan fingerprint density at radius 1 is 0.846 bits per heavy atom. The molecule has 0 aliphatic heterocycles. The van der Waals surface area contributed by atoms with Gasteiger partial charge in [-0.3, -0.25) is 0 Å². The number of benzene rings is 3. The summed E-state index contributed by atoms with van der Waals surface area (Å²) in [4.78, 5) is 2.42. The minimum atomic E-state index is 0.437. The molecule has 0 fully saturated rings. The molecular weight excluding hydrogens is 314 g/mol. The van der Waals surface area contributed by atoms with Crippen LogP contribution in [0.4, 0.5) is 0 Å². The van der Waals surface area contributed by atoms with Crippen molar-refractivity contribution >= 4 is 16.5 Å². The van der Waals surface area contributed by atoms with Crippen molar-refractivity contribution in [2.24, 2.45) is 0 Å². The Balaban J connectivity index is 1.71. The van der Waals surface area contributed by atoms with E-state index in [4.69, 9.17) is 0 Å². The summed E-state index contributed by atoms with van der Waals surface area (Å²) in [5.41, 5.74) is 3.74. The second kappa shape index (κ2) is 8.23. The number of nitrogens with zero attached hydrogens (tertiary/aromatic N) is 1. The molecule has 1 heteroatoms. The predicted octanol–water partition coefficient (Wildman–Crippen LogP) is 6.71. The van der Waals surface area contributed by atoms with Crippen molar-refractivity contribution in [3.63, 3.8) is 0 Å². The Hall–Kier alpha value is -2.54. The number of hydrogen-bond acceptors (Lipinski definition) is 1. The highest BCUT2D eigenvalue weighted by Crippen LogP contribution is 2.26. The summed E-state index contributed by atoms with van der Waals surface area (Å²) >= 11 is 0. The molecule has 26 heavy (non-hydrogen) atoms. The van der Waals surface area contributed by atoms with Crippen LogP contribution in [0.15, 0.2) is 79.4 Å². The molecule has 0 N–H and O–H groups in total. The third-order valence-corrected chi connectivity index (χ3v) is 5.22. The van der Waals surface area contributed by atoms with Crippen molar-refractivity contribution in [1.29, 1.82) is 0 Å². The first-order valence-electron chi connectivity index (χ1n) is 9.56. The molecular formula is C25H29N. The maximum absolute atomic E-state index is 4.36. The third-order valence-electron chi connectivity index (χ3n) is 5.22. The molecule has 0 spiro atoms. The van der Waals surface area contributed by atoms with Gasteiger partial charge in [-0.1, -0.05) is 86.3 Å². The highest BCUT2D eigenvalue weighted by molar-refractivity contribution is 5.83. The van der Waals surface area contributed by atoms with Gasteiger partial charge in [0.25, 0.3) is 0 Å². The Morgan fingerprint density at radius 3 is 2.19 bits per heavy atom. The summed E-state index contributed by atoms with van der Waals surface area (Å²) in [6, 6.07) is 26.4. The van der Waals surface area contributed by atoms with Crippen LogP contribution in [0.25, 0.3) is 16.5 Å². The van der Waals surface area contributed by atoms with Crippen LogP contribution in [0.1, 0.15) is 44.2 Å². The van der Waals surface area contributed by atoms with Crippen LogP contribution in [-0.2, 0) is 0 Å². The van der Waals surface area contributed by atoms with Crippen LogP contribution in [0.3, 0.4) is 0 Å². The fourth-order valence-electron chi connectivity index (χ4n) is 3.51. The average molecular weight is 344 g/mol. The summed E-state index contributed by atoms with van der Waals surface area (Å²) in [7, 11) is 0. The van der Waals surface area contributed by atoms with Gasteiger partial charge in [0.1, 0.15) is 0 Å². The molecule has 3 aromatic carbocycles. The predicted molar refractivity (Wildman–Crippen MR) is 114 cm³/mol. The fourth-order valence-corrected chi connectivity index (χ4v) is 3.51. The van der Waals surface area contributed by atoms with Crippen LogP contribution in [0.5, 0.6) is 0 Å². The van der Waals surface area contributed by atoms with Gasteiger partial charge >= 0.3 is 0 Å². The number of hydrogen-bond donors (Lipinski definition) is 0. The normalized spacial score (nSPS) is 12.3. The molecule has 0 aliphatic carbocycles. The van der Waals surface area contributed by atoms with E-state index in [1.165, 1.54) is 21.9 Å². The second-order valence-corrected chi connectivity index (χ2v) is 7.40. The molecule has 3 rings (SSSR count). The Bertz CT molecular complexity index is 863. The maximum Gasteiger partial charge on any atom is 0.0369 e. The minimum Gasteiger partial charge on any atom is -0.369 e. The van der Waals surface area contributed by atoms with E-state index in [0.29, 0.717) is 12.0 Å². The second-order valence-electron chi connectivity index (χ2n) is 7.40. The molecule has 0 bridgehead atoms.